The van der Waals surface area contributed by atoms with E-state index in [1.807, 2.05) is 0 Å². The monoisotopic (exact) mass is 214 g/mol. The molecule has 1 aliphatic heterocycles. The number of rotatable bonds is 3. The Morgan fingerprint density at radius 2 is 1.87 bits per heavy atom. The molecule has 4 heteroatoms. The number of carbonyl (C=O) groups is 1. The van der Waals surface area contributed by atoms with E-state index in [1.165, 1.54) is 12.8 Å². The maximum atomic E-state index is 11.2. The Kier molecular flexibility index (Phi) is 3.59. The minimum atomic E-state index is -0.378. The summed E-state index contributed by atoms with van der Waals surface area (Å²) in [6.45, 7) is 2.21. The molecule has 4 nitrogen and oxygen atoms in total. The summed E-state index contributed by atoms with van der Waals surface area (Å²) in [5.74, 6) is -0.235. The van der Waals surface area contributed by atoms with Gasteiger partial charge in [0.1, 0.15) is 0 Å². The van der Waals surface area contributed by atoms with Gasteiger partial charge in [0, 0.05) is 0 Å². The lowest BCUT2D eigenvalue weighted by Crippen LogP contribution is -2.25. The second kappa shape index (κ2) is 4.94. The van der Waals surface area contributed by atoms with Gasteiger partial charge in [-0.3, -0.25) is 4.79 Å². The number of ether oxygens (including phenoxy) is 3. The summed E-state index contributed by atoms with van der Waals surface area (Å²) in [5.41, 5.74) is 0. The Balaban J connectivity index is 1.78. The predicted molar refractivity (Wildman–Crippen MR) is 53.3 cm³/mol. The molecule has 0 N–H and O–H groups in total. The van der Waals surface area contributed by atoms with Crippen LogP contribution < -0.4 is 0 Å². The first-order valence-electron chi connectivity index (χ1n) is 5.76. The van der Waals surface area contributed by atoms with E-state index in [4.69, 9.17) is 14.2 Å². The second-order valence-electron chi connectivity index (χ2n) is 4.07. The smallest absolute Gasteiger partial charge is 0.310 e. The van der Waals surface area contributed by atoms with Crippen LogP contribution in [0.15, 0.2) is 0 Å². The van der Waals surface area contributed by atoms with Gasteiger partial charge < -0.3 is 14.2 Å². The summed E-state index contributed by atoms with van der Waals surface area (Å²) in [4.78, 5) is 11.2. The van der Waals surface area contributed by atoms with Gasteiger partial charge in [-0.05, 0) is 19.8 Å². The highest BCUT2D eigenvalue weighted by molar-refractivity contribution is 5.69. The largest absolute Gasteiger partial charge is 0.466 e. The Bertz CT molecular complexity index is 215. The summed E-state index contributed by atoms with van der Waals surface area (Å²) < 4.78 is 16.2. The summed E-state index contributed by atoms with van der Waals surface area (Å²) >= 11 is 0. The summed E-state index contributed by atoms with van der Waals surface area (Å²) in [6, 6.07) is 0. The van der Waals surface area contributed by atoms with Crippen LogP contribution in [-0.4, -0.2) is 31.1 Å². The molecular formula is C11H18O4. The molecule has 2 rings (SSSR count). The van der Waals surface area contributed by atoms with Gasteiger partial charge in [-0.25, -0.2) is 0 Å². The number of fused-ring (bicyclic) bond motifs is 1. The molecule has 3 atom stereocenters. The minimum absolute atomic E-state index is 0.207. The molecule has 1 heterocycles. The zero-order valence-corrected chi connectivity index (χ0v) is 9.11. The molecule has 2 fully saturated rings. The highest BCUT2D eigenvalue weighted by atomic mass is 16.7. The van der Waals surface area contributed by atoms with E-state index in [0.717, 1.165) is 12.8 Å². The van der Waals surface area contributed by atoms with Crippen molar-refractivity contribution in [1.29, 1.82) is 0 Å². The molecule has 1 aliphatic carbocycles. The van der Waals surface area contributed by atoms with Crippen LogP contribution in [0.25, 0.3) is 0 Å². The van der Waals surface area contributed by atoms with E-state index in [2.05, 4.69) is 0 Å². The average molecular weight is 214 g/mol. The third-order valence-electron chi connectivity index (χ3n) is 2.93. The molecule has 0 aromatic carbocycles. The van der Waals surface area contributed by atoms with Crippen molar-refractivity contribution < 1.29 is 19.0 Å². The molecule has 1 unspecified atom stereocenters. The minimum Gasteiger partial charge on any atom is -0.466 e. The van der Waals surface area contributed by atoms with Crippen molar-refractivity contribution in [3.05, 3.63) is 0 Å². The van der Waals surface area contributed by atoms with E-state index in [9.17, 15) is 4.79 Å². The van der Waals surface area contributed by atoms with Gasteiger partial charge in [0.15, 0.2) is 6.29 Å². The molecule has 0 radical (unpaired) electrons. The first-order valence-corrected chi connectivity index (χ1v) is 5.76. The summed E-state index contributed by atoms with van der Waals surface area (Å²) in [5, 5.41) is 0. The lowest BCUT2D eigenvalue weighted by Gasteiger charge is -2.21. The first-order chi connectivity index (χ1) is 7.29. The quantitative estimate of drug-likeness (QED) is 0.670. The maximum Gasteiger partial charge on any atom is 0.310 e. The van der Waals surface area contributed by atoms with Crippen molar-refractivity contribution >= 4 is 5.97 Å². The van der Waals surface area contributed by atoms with Gasteiger partial charge in [0.25, 0.3) is 0 Å². The lowest BCUT2D eigenvalue weighted by atomic mass is 9.95. The predicted octanol–water partition coefficient (Wildman–Crippen LogP) is 1.62. The SMILES string of the molecule is CCOC(=O)CC1O[C@H]2CCCC[C@H]2O1. The van der Waals surface area contributed by atoms with Crippen molar-refractivity contribution in [2.24, 2.45) is 0 Å². The number of esters is 1. The van der Waals surface area contributed by atoms with E-state index >= 15 is 0 Å². The Morgan fingerprint density at radius 1 is 1.27 bits per heavy atom. The number of hydrogen-bond donors (Lipinski definition) is 0. The molecule has 2 aliphatic rings. The molecule has 0 aromatic heterocycles. The Morgan fingerprint density at radius 3 is 2.40 bits per heavy atom. The van der Waals surface area contributed by atoms with Crippen LogP contribution in [0.2, 0.25) is 0 Å². The summed E-state index contributed by atoms with van der Waals surface area (Å²) in [6.07, 6.45) is 4.79. The highest BCUT2D eigenvalue weighted by Gasteiger charge is 2.38. The van der Waals surface area contributed by atoms with Gasteiger partial charge >= 0.3 is 5.97 Å². The van der Waals surface area contributed by atoms with Crippen molar-refractivity contribution in [2.75, 3.05) is 6.61 Å². The Hall–Kier alpha value is -0.610. The standard InChI is InChI=1S/C11H18O4/c1-2-13-10(12)7-11-14-8-5-3-4-6-9(8)15-11/h8-9,11H,2-7H2,1H3/t8-,9+,11?. The van der Waals surface area contributed by atoms with E-state index in [-0.39, 0.29) is 30.9 Å². The molecule has 0 aromatic rings. The fourth-order valence-electron chi connectivity index (χ4n) is 2.25. The van der Waals surface area contributed by atoms with Crippen LogP contribution in [-0.2, 0) is 19.0 Å². The molecule has 15 heavy (non-hydrogen) atoms. The first kappa shape index (κ1) is 10.9. The molecule has 1 saturated carbocycles. The van der Waals surface area contributed by atoms with Crippen molar-refractivity contribution in [3.63, 3.8) is 0 Å². The van der Waals surface area contributed by atoms with Gasteiger partial charge in [-0.2, -0.15) is 0 Å². The molecular weight excluding hydrogens is 196 g/mol. The second-order valence-corrected chi connectivity index (χ2v) is 4.07. The van der Waals surface area contributed by atoms with Crippen LogP contribution in [0.3, 0.4) is 0 Å². The number of hydrogen-bond acceptors (Lipinski definition) is 4. The number of carbonyl (C=O) groups excluding carboxylic acids is 1. The Labute approximate surface area is 89.9 Å². The van der Waals surface area contributed by atoms with E-state index < -0.39 is 0 Å². The summed E-state index contributed by atoms with van der Waals surface area (Å²) in [7, 11) is 0. The van der Waals surface area contributed by atoms with Gasteiger partial charge in [0.05, 0.1) is 25.2 Å². The van der Waals surface area contributed by atoms with Crippen LogP contribution in [0.5, 0.6) is 0 Å². The highest BCUT2D eigenvalue weighted by Crippen LogP contribution is 2.32. The van der Waals surface area contributed by atoms with Crippen molar-refractivity contribution in [1.82, 2.24) is 0 Å². The zero-order valence-electron chi connectivity index (χ0n) is 9.11. The van der Waals surface area contributed by atoms with Gasteiger partial charge in [-0.15, -0.1) is 0 Å². The fourth-order valence-corrected chi connectivity index (χ4v) is 2.25. The van der Waals surface area contributed by atoms with Crippen molar-refractivity contribution in [3.8, 4) is 0 Å². The van der Waals surface area contributed by atoms with E-state index in [0.29, 0.717) is 6.61 Å². The van der Waals surface area contributed by atoms with Crippen molar-refractivity contribution in [2.45, 2.75) is 57.5 Å². The van der Waals surface area contributed by atoms with Crippen LogP contribution in [0.1, 0.15) is 39.0 Å². The zero-order chi connectivity index (χ0) is 10.7. The van der Waals surface area contributed by atoms with E-state index in [1.54, 1.807) is 6.92 Å². The van der Waals surface area contributed by atoms with Crippen LogP contribution in [0.4, 0.5) is 0 Å². The van der Waals surface area contributed by atoms with Gasteiger partial charge in [0.2, 0.25) is 0 Å². The molecule has 86 valence electrons. The third-order valence-corrected chi connectivity index (χ3v) is 2.93. The molecule has 0 spiro atoms. The topological polar surface area (TPSA) is 44.8 Å². The third kappa shape index (κ3) is 2.69. The molecule has 0 amide bonds. The average Bonchev–Trinajstić information content (AvgIpc) is 2.59. The fraction of sp³-hybridized carbons (Fsp3) is 0.909. The van der Waals surface area contributed by atoms with Gasteiger partial charge in [-0.1, -0.05) is 12.8 Å². The maximum absolute atomic E-state index is 11.2. The van der Waals surface area contributed by atoms with Crippen LogP contribution >= 0.6 is 0 Å². The molecule has 0 bridgehead atoms. The normalized spacial score (nSPS) is 34.9. The molecule has 1 saturated heterocycles. The van der Waals surface area contributed by atoms with Crippen LogP contribution in [0, 0.1) is 0 Å². The lowest BCUT2D eigenvalue weighted by molar-refractivity contribution is -0.153.